The number of thiophene rings is 1. The van der Waals surface area contributed by atoms with Crippen LogP contribution in [0.1, 0.15) is 9.67 Å². The number of anilines is 1. The van der Waals surface area contributed by atoms with E-state index in [0.29, 0.717) is 26.2 Å². The largest absolute Gasteiger partial charge is 0.495 e. The van der Waals surface area contributed by atoms with Gasteiger partial charge in [-0.15, -0.1) is 0 Å². The molecule has 0 radical (unpaired) electrons. The van der Waals surface area contributed by atoms with E-state index >= 15 is 0 Å². The minimum Gasteiger partial charge on any atom is -0.495 e. The Kier molecular flexibility index (Phi) is 6.09. The highest BCUT2D eigenvalue weighted by molar-refractivity contribution is 7.17. The van der Waals surface area contributed by atoms with E-state index in [9.17, 15) is 19.7 Å². The zero-order chi connectivity index (χ0) is 20.1. The van der Waals surface area contributed by atoms with E-state index in [4.69, 9.17) is 9.47 Å². The van der Waals surface area contributed by atoms with Crippen molar-refractivity contribution < 1.29 is 24.0 Å². The molecular formula is C18H19N3O6S. The SMILES string of the molecule is COc1ccccc1N1CCN(C(=O)COC(=O)c2ccc([N+](=O)[O-])s2)CC1. The molecular weight excluding hydrogens is 386 g/mol. The van der Waals surface area contributed by atoms with E-state index < -0.39 is 10.9 Å². The molecule has 1 aliphatic rings. The number of methoxy groups -OCH3 is 1. The summed E-state index contributed by atoms with van der Waals surface area (Å²) in [6, 6.07) is 10.3. The lowest BCUT2D eigenvalue weighted by Gasteiger charge is -2.36. The van der Waals surface area contributed by atoms with Crippen LogP contribution in [0.3, 0.4) is 0 Å². The van der Waals surface area contributed by atoms with E-state index in [1.807, 2.05) is 24.3 Å². The molecule has 2 aromatic rings. The van der Waals surface area contributed by atoms with Gasteiger partial charge in [-0.25, -0.2) is 4.79 Å². The first-order chi connectivity index (χ1) is 13.5. The van der Waals surface area contributed by atoms with Crippen molar-refractivity contribution in [1.29, 1.82) is 0 Å². The monoisotopic (exact) mass is 405 g/mol. The van der Waals surface area contributed by atoms with Gasteiger partial charge in [-0.05, 0) is 18.2 Å². The predicted octanol–water partition coefficient (Wildman–Crippen LogP) is 2.17. The third-order valence-corrected chi connectivity index (χ3v) is 5.37. The molecule has 0 aliphatic carbocycles. The normalized spacial score (nSPS) is 13.9. The van der Waals surface area contributed by atoms with Crippen molar-refractivity contribution in [3.63, 3.8) is 0 Å². The molecule has 1 aliphatic heterocycles. The molecule has 0 saturated carbocycles. The Morgan fingerprint density at radius 1 is 1.14 bits per heavy atom. The molecule has 1 fully saturated rings. The lowest BCUT2D eigenvalue weighted by Crippen LogP contribution is -2.50. The van der Waals surface area contributed by atoms with Crippen LogP contribution < -0.4 is 9.64 Å². The third-order valence-electron chi connectivity index (χ3n) is 4.36. The van der Waals surface area contributed by atoms with Gasteiger partial charge in [0, 0.05) is 32.2 Å². The highest BCUT2D eigenvalue weighted by Gasteiger charge is 2.24. The number of piperazine rings is 1. The fourth-order valence-corrected chi connectivity index (χ4v) is 3.63. The van der Waals surface area contributed by atoms with Crippen LogP contribution in [-0.4, -0.2) is 61.6 Å². The highest BCUT2D eigenvalue weighted by atomic mass is 32.1. The zero-order valence-corrected chi connectivity index (χ0v) is 16.0. The number of esters is 1. The molecule has 9 nitrogen and oxygen atoms in total. The fraction of sp³-hybridized carbons (Fsp3) is 0.333. The molecule has 0 spiro atoms. The summed E-state index contributed by atoms with van der Waals surface area (Å²) in [5.41, 5.74) is 0.975. The highest BCUT2D eigenvalue weighted by Crippen LogP contribution is 2.28. The van der Waals surface area contributed by atoms with E-state index in [0.717, 1.165) is 22.8 Å². The number of para-hydroxylation sites is 2. The Bertz CT molecular complexity index is 876. The summed E-state index contributed by atoms with van der Waals surface area (Å²) < 4.78 is 10.4. The van der Waals surface area contributed by atoms with Crippen molar-refractivity contribution in [2.24, 2.45) is 0 Å². The number of hydrogen-bond acceptors (Lipinski definition) is 8. The molecule has 0 unspecified atom stereocenters. The lowest BCUT2D eigenvalue weighted by molar-refractivity contribution is -0.380. The van der Waals surface area contributed by atoms with E-state index in [2.05, 4.69) is 4.90 Å². The fourth-order valence-electron chi connectivity index (χ4n) is 2.91. The Balaban J connectivity index is 1.49. The van der Waals surface area contributed by atoms with Gasteiger partial charge in [0.1, 0.15) is 10.6 Å². The zero-order valence-electron chi connectivity index (χ0n) is 15.2. The van der Waals surface area contributed by atoms with Crippen LogP contribution in [0.5, 0.6) is 5.75 Å². The number of hydrogen-bond donors (Lipinski definition) is 0. The molecule has 1 aromatic heterocycles. The first-order valence-corrected chi connectivity index (χ1v) is 9.38. The molecule has 1 amide bonds. The number of nitro groups is 1. The van der Waals surface area contributed by atoms with E-state index in [-0.39, 0.29) is 22.4 Å². The second-order valence-corrected chi connectivity index (χ2v) is 7.07. The van der Waals surface area contributed by atoms with Gasteiger partial charge in [-0.2, -0.15) is 0 Å². The summed E-state index contributed by atoms with van der Waals surface area (Å²) in [6.07, 6.45) is 0. The van der Waals surface area contributed by atoms with Gasteiger partial charge in [0.25, 0.3) is 5.91 Å². The van der Waals surface area contributed by atoms with Crippen LogP contribution in [0.15, 0.2) is 36.4 Å². The van der Waals surface area contributed by atoms with Crippen molar-refractivity contribution >= 4 is 33.9 Å². The summed E-state index contributed by atoms with van der Waals surface area (Å²) in [5.74, 6) is -0.251. The maximum absolute atomic E-state index is 12.3. The van der Waals surface area contributed by atoms with Crippen molar-refractivity contribution in [1.82, 2.24) is 4.90 Å². The van der Waals surface area contributed by atoms with Gasteiger partial charge in [0.15, 0.2) is 6.61 Å². The maximum Gasteiger partial charge on any atom is 0.349 e. The van der Waals surface area contributed by atoms with Crippen molar-refractivity contribution in [3.05, 3.63) is 51.4 Å². The molecule has 28 heavy (non-hydrogen) atoms. The molecule has 0 N–H and O–H groups in total. The molecule has 10 heteroatoms. The van der Waals surface area contributed by atoms with Crippen LogP contribution in [0.4, 0.5) is 10.7 Å². The first kappa shape index (κ1) is 19.6. The number of nitrogens with zero attached hydrogens (tertiary/aromatic N) is 3. The van der Waals surface area contributed by atoms with Crippen LogP contribution >= 0.6 is 11.3 Å². The van der Waals surface area contributed by atoms with Crippen molar-refractivity contribution in [2.45, 2.75) is 0 Å². The summed E-state index contributed by atoms with van der Waals surface area (Å²) in [4.78, 5) is 38.2. The second kappa shape index (κ2) is 8.70. The summed E-state index contributed by atoms with van der Waals surface area (Å²) in [6.45, 7) is 1.88. The quantitative estimate of drug-likeness (QED) is 0.412. The average molecular weight is 405 g/mol. The number of carbonyl (C=O) groups is 2. The van der Waals surface area contributed by atoms with Crippen LogP contribution in [-0.2, 0) is 9.53 Å². The van der Waals surface area contributed by atoms with Crippen molar-refractivity contribution in [3.8, 4) is 5.75 Å². The molecule has 148 valence electrons. The third kappa shape index (κ3) is 4.39. The summed E-state index contributed by atoms with van der Waals surface area (Å²) in [7, 11) is 1.62. The van der Waals surface area contributed by atoms with Gasteiger partial charge in [-0.3, -0.25) is 14.9 Å². The Hall–Kier alpha value is -3.14. The minimum absolute atomic E-state index is 0.0977. The van der Waals surface area contributed by atoms with Crippen LogP contribution in [0.25, 0.3) is 0 Å². The molecule has 1 aromatic carbocycles. The Morgan fingerprint density at radius 2 is 1.86 bits per heavy atom. The van der Waals surface area contributed by atoms with Crippen molar-refractivity contribution in [2.75, 3.05) is 44.8 Å². The summed E-state index contributed by atoms with van der Waals surface area (Å²) >= 11 is 0.721. The van der Waals surface area contributed by atoms with Crippen LogP contribution in [0, 0.1) is 10.1 Å². The number of rotatable bonds is 6. The standard InChI is InChI=1S/C18H19N3O6S/c1-26-14-5-3-2-4-13(14)19-8-10-20(11-9-19)16(22)12-27-18(23)15-6-7-17(28-15)21(24)25/h2-7H,8-12H2,1H3. The molecule has 1 saturated heterocycles. The van der Waals surface area contributed by atoms with Gasteiger partial charge < -0.3 is 19.3 Å². The topological polar surface area (TPSA) is 102 Å². The lowest BCUT2D eigenvalue weighted by atomic mass is 10.2. The van der Waals surface area contributed by atoms with Gasteiger partial charge >= 0.3 is 11.0 Å². The average Bonchev–Trinajstić information content (AvgIpc) is 3.22. The second-order valence-electron chi connectivity index (χ2n) is 6.01. The van der Waals surface area contributed by atoms with Gasteiger partial charge in [0.2, 0.25) is 0 Å². The Labute approximate surface area is 165 Å². The molecule has 2 heterocycles. The van der Waals surface area contributed by atoms with Gasteiger partial charge in [0.05, 0.1) is 17.7 Å². The number of carbonyl (C=O) groups excluding carboxylic acids is 2. The van der Waals surface area contributed by atoms with E-state index in [1.165, 1.54) is 12.1 Å². The molecule has 0 atom stereocenters. The number of ether oxygens (including phenoxy) is 2. The molecule has 0 bridgehead atoms. The van der Waals surface area contributed by atoms with E-state index in [1.54, 1.807) is 12.0 Å². The number of amides is 1. The number of benzene rings is 1. The van der Waals surface area contributed by atoms with Gasteiger partial charge in [-0.1, -0.05) is 23.5 Å². The smallest absolute Gasteiger partial charge is 0.349 e. The predicted molar refractivity (Wildman–Crippen MR) is 103 cm³/mol. The first-order valence-electron chi connectivity index (χ1n) is 8.56. The minimum atomic E-state index is -0.737. The summed E-state index contributed by atoms with van der Waals surface area (Å²) in [5, 5.41) is 10.5. The molecule has 3 rings (SSSR count). The Morgan fingerprint density at radius 3 is 2.50 bits per heavy atom. The van der Waals surface area contributed by atoms with Crippen LogP contribution in [0.2, 0.25) is 0 Å². The maximum atomic E-state index is 12.3.